The monoisotopic (exact) mass is 486 g/mol. The zero-order valence-electron chi connectivity index (χ0n) is 17.0. The lowest BCUT2D eigenvalue weighted by atomic mass is 10.1. The molecule has 0 aliphatic rings. The van der Waals surface area contributed by atoms with E-state index in [0.29, 0.717) is 11.4 Å². The van der Waals surface area contributed by atoms with Gasteiger partial charge in [0.2, 0.25) is 5.91 Å². The second kappa shape index (κ2) is 9.02. The normalized spacial score (nSPS) is 11.2. The smallest absolute Gasteiger partial charge is 0.264 e. The number of rotatable bonds is 6. The van der Waals surface area contributed by atoms with E-state index in [1.165, 1.54) is 16.4 Å². The van der Waals surface area contributed by atoms with Crippen LogP contribution in [0.4, 0.5) is 11.4 Å². The molecular formula is C23H23BrN2O3S. The quantitative estimate of drug-likeness (QED) is 0.519. The fourth-order valence-electron chi connectivity index (χ4n) is 3.06. The molecule has 0 atom stereocenters. The summed E-state index contributed by atoms with van der Waals surface area (Å²) < 4.78 is 29.0. The van der Waals surface area contributed by atoms with Gasteiger partial charge in [-0.2, -0.15) is 0 Å². The van der Waals surface area contributed by atoms with Crippen molar-refractivity contribution in [2.75, 3.05) is 16.2 Å². The van der Waals surface area contributed by atoms with Crippen LogP contribution in [0.15, 0.2) is 76.1 Å². The molecule has 1 amide bonds. The maximum absolute atomic E-state index is 13.4. The third-order valence-corrected chi connectivity index (χ3v) is 7.36. The molecule has 0 heterocycles. The predicted molar refractivity (Wildman–Crippen MR) is 124 cm³/mol. The molecular weight excluding hydrogens is 464 g/mol. The van der Waals surface area contributed by atoms with E-state index in [2.05, 4.69) is 21.2 Å². The van der Waals surface area contributed by atoms with Crippen molar-refractivity contribution in [2.45, 2.75) is 25.7 Å². The molecule has 0 saturated carbocycles. The van der Waals surface area contributed by atoms with Crippen LogP contribution in [0, 0.1) is 20.8 Å². The van der Waals surface area contributed by atoms with E-state index in [4.69, 9.17) is 0 Å². The Hall–Kier alpha value is -2.64. The number of hydrogen-bond donors (Lipinski definition) is 1. The number of aryl methyl sites for hydroxylation is 3. The molecule has 0 radical (unpaired) electrons. The summed E-state index contributed by atoms with van der Waals surface area (Å²) in [6, 6.07) is 19.1. The minimum absolute atomic E-state index is 0.137. The van der Waals surface area contributed by atoms with Gasteiger partial charge in [-0.05, 0) is 73.9 Å². The highest BCUT2D eigenvalue weighted by Gasteiger charge is 2.28. The van der Waals surface area contributed by atoms with Crippen molar-refractivity contribution in [3.05, 3.63) is 87.9 Å². The van der Waals surface area contributed by atoms with E-state index in [1.54, 1.807) is 30.3 Å². The number of nitrogens with one attached hydrogen (secondary N) is 1. The van der Waals surface area contributed by atoms with Crippen LogP contribution >= 0.6 is 15.9 Å². The van der Waals surface area contributed by atoms with Crippen molar-refractivity contribution >= 4 is 43.2 Å². The van der Waals surface area contributed by atoms with Crippen molar-refractivity contribution < 1.29 is 13.2 Å². The highest BCUT2D eigenvalue weighted by molar-refractivity contribution is 9.10. The van der Waals surface area contributed by atoms with Crippen molar-refractivity contribution in [3.63, 3.8) is 0 Å². The van der Waals surface area contributed by atoms with E-state index >= 15 is 0 Å². The SMILES string of the molecule is Cc1ccc(C)c(N(CC(=O)Nc2ccc(Br)c(C)c2)S(=O)(=O)c2ccccc2)c1. The first-order valence-electron chi connectivity index (χ1n) is 9.39. The zero-order valence-corrected chi connectivity index (χ0v) is 19.4. The molecule has 0 aliphatic carbocycles. The highest BCUT2D eigenvalue weighted by Crippen LogP contribution is 2.28. The number of hydrogen-bond acceptors (Lipinski definition) is 3. The van der Waals surface area contributed by atoms with E-state index in [-0.39, 0.29) is 11.4 Å². The van der Waals surface area contributed by atoms with Crippen LogP contribution < -0.4 is 9.62 Å². The summed E-state index contributed by atoms with van der Waals surface area (Å²) >= 11 is 3.43. The van der Waals surface area contributed by atoms with E-state index in [1.807, 2.05) is 45.0 Å². The largest absolute Gasteiger partial charge is 0.325 e. The molecule has 5 nitrogen and oxygen atoms in total. The fourth-order valence-corrected chi connectivity index (χ4v) is 4.81. The lowest BCUT2D eigenvalue weighted by Gasteiger charge is -2.26. The fraction of sp³-hybridized carbons (Fsp3) is 0.174. The van der Waals surface area contributed by atoms with E-state index < -0.39 is 15.9 Å². The van der Waals surface area contributed by atoms with Crippen LogP contribution in [0.1, 0.15) is 16.7 Å². The van der Waals surface area contributed by atoms with Gasteiger partial charge in [-0.3, -0.25) is 9.10 Å². The Kier molecular flexibility index (Phi) is 6.63. The third-order valence-electron chi connectivity index (χ3n) is 4.69. The molecule has 3 aromatic rings. The molecule has 0 spiro atoms. The maximum atomic E-state index is 13.4. The molecule has 3 aromatic carbocycles. The van der Waals surface area contributed by atoms with Gasteiger partial charge < -0.3 is 5.32 Å². The van der Waals surface area contributed by atoms with Gasteiger partial charge in [-0.15, -0.1) is 0 Å². The first-order valence-corrected chi connectivity index (χ1v) is 11.6. The van der Waals surface area contributed by atoms with Crippen molar-refractivity contribution in [1.82, 2.24) is 0 Å². The first-order chi connectivity index (χ1) is 14.2. The van der Waals surface area contributed by atoms with Crippen LogP contribution in [0.2, 0.25) is 0 Å². The Morgan fingerprint density at radius 2 is 1.63 bits per heavy atom. The lowest BCUT2D eigenvalue weighted by Crippen LogP contribution is -2.38. The molecule has 30 heavy (non-hydrogen) atoms. The first kappa shape index (κ1) is 22.1. The van der Waals surface area contributed by atoms with E-state index in [9.17, 15) is 13.2 Å². The number of nitrogens with zero attached hydrogens (tertiary/aromatic N) is 1. The van der Waals surface area contributed by atoms with Crippen molar-refractivity contribution in [1.29, 1.82) is 0 Å². The molecule has 0 fully saturated rings. The topological polar surface area (TPSA) is 66.5 Å². The minimum Gasteiger partial charge on any atom is -0.325 e. The number of amides is 1. The van der Waals surface area contributed by atoms with Gasteiger partial charge in [0.05, 0.1) is 10.6 Å². The molecule has 1 N–H and O–H groups in total. The molecule has 156 valence electrons. The second-order valence-electron chi connectivity index (χ2n) is 7.13. The molecule has 0 saturated heterocycles. The van der Waals surface area contributed by atoms with Gasteiger partial charge in [0.1, 0.15) is 6.54 Å². The van der Waals surface area contributed by atoms with Crippen molar-refractivity contribution in [3.8, 4) is 0 Å². The number of carbonyl (C=O) groups excluding carboxylic acids is 1. The summed E-state index contributed by atoms with van der Waals surface area (Å²) in [5.41, 5.74) is 3.75. The molecule has 3 rings (SSSR count). The summed E-state index contributed by atoms with van der Waals surface area (Å²) in [6.07, 6.45) is 0. The maximum Gasteiger partial charge on any atom is 0.264 e. The summed E-state index contributed by atoms with van der Waals surface area (Å²) in [5.74, 6) is -0.419. The van der Waals surface area contributed by atoms with Gasteiger partial charge in [0.15, 0.2) is 0 Å². The number of halogens is 1. The van der Waals surface area contributed by atoms with Gasteiger partial charge in [0.25, 0.3) is 10.0 Å². The Balaban J connectivity index is 1.98. The van der Waals surface area contributed by atoms with Crippen LogP contribution in [-0.4, -0.2) is 20.9 Å². The number of sulfonamides is 1. The minimum atomic E-state index is -3.93. The molecule has 0 aromatic heterocycles. The second-order valence-corrected chi connectivity index (χ2v) is 9.84. The standard InChI is InChI=1S/C23H23BrN2O3S/c1-16-9-10-17(2)22(13-16)26(30(28,29)20-7-5-4-6-8-20)15-23(27)25-19-11-12-21(24)18(3)14-19/h4-14H,15H2,1-3H3,(H,25,27). The van der Waals surface area contributed by atoms with Crippen molar-refractivity contribution in [2.24, 2.45) is 0 Å². The number of anilines is 2. The van der Waals surface area contributed by atoms with Crippen LogP contribution in [-0.2, 0) is 14.8 Å². The summed E-state index contributed by atoms with van der Waals surface area (Å²) in [4.78, 5) is 13.0. The summed E-state index contributed by atoms with van der Waals surface area (Å²) in [5, 5.41) is 2.80. The predicted octanol–water partition coefficient (Wildman–Crippen LogP) is 5.21. The van der Waals surface area contributed by atoms with Crippen LogP contribution in [0.5, 0.6) is 0 Å². The Labute approximate surface area is 185 Å². The lowest BCUT2D eigenvalue weighted by molar-refractivity contribution is -0.114. The van der Waals surface area contributed by atoms with E-state index in [0.717, 1.165) is 21.2 Å². The molecule has 0 bridgehead atoms. The number of carbonyl (C=O) groups is 1. The van der Waals surface area contributed by atoms with Gasteiger partial charge >= 0.3 is 0 Å². The average molecular weight is 487 g/mol. The Morgan fingerprint density at radius 1 is 0.933 bits per heavy atom. The third kappa shape index (κ3) is 4.91. The molecule has 0 unspecified atom stereocenters. The number of benzene rings is 3. The summed E-state index contributed by atoms with van der Waals surface area (Å²) in [7, 11) is -3.93. The van der Waals surface area contributed by atoms with Crippen LogP contribution in [0.25, 0.3) is 0 Å². The van der Waals surface area contributed by atoms with Gasteiger partial charge in [-0.25, -0.2) is 8.42 Å². The molecule has 7 heteroatoms. The van der Waals surface area contributed by atoms with Gasteiger partial charge in [0, 0.05) is 10.2 Å². The highest BCUT2D eigenvalue weighted by atomic mass is 79.9. The van der Waals surface area contributed by atoms with Crippen LogP contribution in [0.3, 0.4) is 0 Å². The van der Waals surface area contributed by atoms with Gasteiger partial charge in [-0.1, -0.05) is 46.3 Å². The Morgan fingerprint density at radius 3 is 2.30 bits per heavy atom. The average Bonchev–Trinajstić information content (AvgIpc) is 2.71. The Bertz CT molecular complexity index is 1180. The summed E-state index contributed by atoms with van der Waals surface area (Å²) in [6.45, 7) is 5.30. The molecule has 0 aliphatic heterocycles. The zero-order chi connectivity index (χ0) is 21.9.